The van der Waals surface area contributed by atoms with Gasteiger partial charge in [-0.25, -0.2) is 4.79 Å². The maximum Gasteiger partial charge on any atom is 0.342 e. The Hall–Kier alpha value is -2.31. The minimum Gasteiger partial charge on any atom is -0.462 e. The molecule has 1 aromatic heterocycles. The van der Waals surface area contributed by atoms with Crippen molar-refractivity contribution in [2.24, 2.45) is 5.73 Å². The van der Waals surface area contributed by atoms with Crippen molar-refractivity contribution < 1.29 is 23.5 Å². The Morgan fingerprint density at radius 1 is 1.33 bits per heavy atom. The van der Waals surface area contributed by atoms with Gasteiger partial charge in [0.1, 0.15) is 16.9 Å². The molecule has 0 saturated carbocycles. The number of rotatable bonds is 4. The van der Waals surface area contributed by atoms with E-state index in [0.717, 1.165) is 0 Å². The number of anilines is 1. The molecule has 0 spiro atoms. The zero-order valence-corrected chi connectivity index (χ0v) is 10.3. The SMILES string of the molecule is CCOC(=O)c1c(C)oc(NC(C)=O)c1C(N)=O. The Kier molecular flexibility index (Phi) is 4.09. The molecule has 2 amide bonds. The van der Waals surface area contributed by atoms with Gasteiger partial charge in [-0.3, -0.25) is 14.9 Å². The molecule has 0 radical (unpaired) electrons. The van der Waals surface area contributed by atoms with Gasteiger partial charge in [-0.2, -0.15) is 0 Å². The van der Waals surface area contributed by atoms with Gasteiger partial charge in [0.2, 0.25) is 11.8 Å². The second-order valence-electron chi connectivity index (χ2n) is 3.50. The molecule has 7 nitrogen and oxygen atoms in total. The summed E-state index contributed by atoms with van der Waals surface area (Å²) in [6.45, 7) is 4.50. The minimum absolute atomic E-state index is 0.0619. The molecular formula is C11H14N2O5. The topological polar surface area (TPSA) is 112 Å². The van der Waals surface area contributed by atoms with Crippen LogP contribution in [0.3, 0.4) is 0 Å². The lowest BCUT2D eigenvalue weighted by Gasteiger charge is -2.02. The maximum absolute atomic E-state index is 11.7. The fourth-order valence-electron chi connectivity index (χ4n) is 1.48. The number of primary amides is 1. The zero-order valence-electron chi connectivity index (χ0n) is 10.3. The van der Waals surface area contributed by atoms with E-state index in [-0.39, 0.29) is 29.4 Å². The van der Waals surface area contributed by atoms with Crippen LogP contribution in [0.15, 0.2) is 4.42 Å². The van der Waals surface area contributed by atoms with Crippen LogP contribution in [0.2, 0.25) is 0 Å². The Morgan fingerprint density at radius 3 is 2.39 bits per heavy atom. The van der Waals surface area contributed by atoms with E-state index in [1.165, 1.54) is 13.8 Å². The third kappa shape index (κ3) is 2.68. The highest BCUT2D eigenvalue weighted by atomic mass is 16.5. The molecular weight excluding hydrogens is 240 g/mol. The normalized spacial score (nSPS) is 9.94. The van der Waals surface area contributed by atoms with Crippen LogP contribution in [0.4, 0.5) is 5.88 Å². The fourth-order valence-corrected chi connectivity index (χ4v) is 1.48. The molecule has 1 heterocycles. The van der Waals surface area contributed by atoms with Gasteiger partial charge < -0.3 is 14.9 Å². The number of esters is 1. The van der Waals surface area contributed by atoms with Crippen molar-refractivity contribution in [3.05, 3.63) is 16.9 Å². The van der Waals surface area contributed by atoms with Gasteiger partial charge >= 0.3 is 5.97 Å². The lowest BCUT2D eigenvalue weighted by Crippen LogP contribution is -2.19. The first-order chi connectivity index (χ1) is 8.38. The minimum atomic E-state index is -0.876. The summed E-state index contributed by atoms with van der Waals surface area (Å²) in [4.78, 5) is 34.0. The summed E-state index contributed by atoms with van der Waals surface area (Å²) in [6, 6.07) is 0. The molecule has 1 rings (SSSR count). The van der Waals surface area contributed by atoms with Gasteiger partial charge in [-0.05, 0) is 13.8 Å². The van der Waals surface area contributed by atoms with Gasteiger partial charge in [0, 0.05) is 6.92 Å². The Balaban J connectivity index is 3.32. The van der Waals surface area contributed by atoms with Crippen LogP contribution in [-0.2, 0) is 9.53 Å². The number of ether oxygens (including phenoxy) is 1. The maximum atomic E-state index is 11.7. The van der Waals surface area contributed by atoms with Crippen LogP contribution in [-0.4, -0.2) is 24.4 Å². The van der Waals surface area contributed by atoms with Gasteiger partial charge in [-0.15, -0.1) is 0 Å². The number of furan rings is 1. The van der Waals surface area contributed by atoms with Crippen LogP contribution in [0.1, 0.15) is 40.3 Å². The largest absolute Gasteiger partial charge is 0.462 e. The lowest BCUT2D eigenvalue weighted by molar-refractivity contribution is -0.114. The standard InChI is InChI=1S/C11H14N2O5/c1-4-17-11(16)7-5(2)18-10(13-6(3)14)8(7)9(12)15/h4H2,1-3H3,(H2,12,15)(H,13,14). The summed E-state index contributed by atoms with van der Waals surface area (Å²) in [6.07, 6.45) is 0. The van der Waals surface area contributed by atoms with Crippen molar-refractivity contribution in [2.45, 2.75) is 20.8 Å². The summed E-state index contributed by atoms with van der Waals surface area (Å²) < 4.78 is 9.95. The van der Waals surface area contributed by atoms with E-state index in [2.05, 4.69) is 5.32 Å². The molecule has 0 aliphatic heterocycles. The first-order valence-electron chi connectivity index (χ1n) is 5.26. The zero-order chi connectivity index (χ0) is 13.9. The van der Waals surface area contributed by atoms with E-state index >= 15 is 0 Å². The van der Waals surface area contributed by atoms with E-state index in [9.17, 15) is 14.4 Å². The molecule has 0 aromatic carbocycles. The summed E-state index contributed by atoms with van der Waals surface area (Å²) in [7, 11) is 0. The van der Waals surface area contributed by atoms with Crippen molar-refractivity contribution in [3.8, 4) is 0 Å². The van der Waals surface area contributed by atoms with Crippen LogP contribution >= 0.6 is 0 Å². The number of carbonyl (C=O) groups is 3. The second kappa shape index (κ2) is 5.35. The van der Waals surface area contributed by atoms with Gasteiger partial charge in [0.15, 0.2) is 0 Å². The monoisotopic (exact) mass is 254 g/mol. The number of nitrogens with one attached hydrogen (secondary N) is 1. The highest BCUT2D eigenvalue weighted by molar-refractivity contribution is 6.10. The van der Waals surface area contributed by atoms with Crippen molar-refractivity contribution in [1.82, 2.24) is 0 Å². The van der Waals surface area contributed by atoms with Crippen molar-refractivity contribution in [1.29, 1.82) is 0 Å². The molecule has 0 fully saturated rings. The summed E-state index contributed by atoms with van der Waals surface area (Å²) in [5.74, 6) is -2.02. The lowest BCUT2D eigenvalue weighted by atomic mass is 10.1. The fraction of sp³-hybridized carbons (Fsp3) is 0.364. The number of hydrogen-bond donors (Lipinski definition) is 2. The van der Waals surface area contributed by atoms with Gasteiger partial charge in [-0.1, -0.05) is 0 Å². The Bertz CT molecular complexity index is 504. The summed E-state index contributed by atoms with van der Waals surface area (Å²) in [5, 5.41) is 2.30. The summed E-state index contributed by atoms with van der Waals surface area (Å²) in [5.41, 5.74) is 4.94. The smallest absolute Gasteiger partial charge is 0.342 e. The molecule has 0 aliphatic carbocycles. The van der Waals surface area contributed by atoms with E-state index in [1.54, 1.807) is 6.92 Å². The molecule has 3 N–H and O–H groups in total. The molecule has 0 atom stereocenters. The van der Waals surface area contributed by atoms with Crippen LogP contribution in [0, 0.1) is 6.92 Å². The second-order valence-corrected chi connectivity index (χ2v) is 3.50. The molecule has 18 heavy (non-hydrogen) atoms. The molecule has 0 aliphatic rings. The van der Waals surface area contributed by atoms with E-state index in [4.69, 9.17) is 14.9 Å². The number of amides is 2. The third-order valence-corrected chi connectivity index (χ3v) is 2.10. The molecule has 0 unspecified atom stereocenters. The van der Waals surface area contributed by atoms with Crippen LogP contribution in [0.5, 0.6) is 0 Å². The van der Waals surface area contributed by atoms with E-state index in [1.807, 2.05) is 0 Å². The number of carbonyl (C=O) groups excluding carboxylic acids is 3. The third-order valence-electron chi connectivity index (χ3n) is 2.10. The van der Waals surface area contributed by atoms with Crippen LogP contribution in [0.25, 0.3) is 0 Å². The number of aryl methyl sites for hydroxylation is 1. The average Bonchev–Trinajstić information content (AvgIpc) is 2.54. The van der Waals surface area contributed by atoms with Crippen molar-refractivity contribution in [2.75, 3.05) is 11.9 Å². The predicted octanol–water partition coefficient (Wildman–Crippen LogP) is 0.822. The van der Waals surface area contributed by atoms with Gasteiger partial charge in [0.25, 0.3) is 5.91 Å². The van der Waals surface area contributed by atoms with E-state index in [0.29, 0.717) is 0 Å². The number of nitrogens with two attached hydrogens (primary N) is 1. The molecule has 0 bridgehead atoms. The molecule has 0 saturated heterocycles. The first kappa shape index (κ1) is 13.8. The molecule has 7 heteroatoms. The average molecular weight is 254 g/mol. The van der Waals surface area contributed by atoms with Crippen molar-refractivity contribution in [3.63, 3.8) is 0 Å². The summed E-state index contributed by atoms with van der Waals surface area (Å²) >= 11 is 0. The number of hydrogen-bond acceptors (Lipinski definition) is 5. The van der Waals surface area contributed by atoms with Gasteiger partial charge in [0.05, 0.1) is 6.61 Å². The highest BCUT2D eigenvalue weighted by Gasteiger charge is 2.28. The molecule has 98 valence electrons. The van der Waals surface area contributed by atoms with E-state index < -0.39 is 17.8 Å². The molecule has 1 aromatic rings. The first-order valence-corrected chi connectivity index (χ1v) is 5.26. The predicted molar refractivity (Wildman–Crippen MR) is 62.2 cm³/mol. The highest BCUT2D eigenvalue weighted by Crippen LogP contribution is 2.27. The van der Waals surface area contributed by atoms with Crippen molar-refractivity contribution >= 4 is 23.7 Å². The van der Waals surface area contributed by atoms with Crippen LogP contribution < -0.4 is 11.1 Å². The Labute approximate surface area is 103 Å². The quantitative estimate of drug-likeness (QED) is 0.772. The Morgan fingerprint density at radius 2 is 1.94 bits per heavy atom.